The van der Waals surface area contributed by atoms with Gasteiger partial charge in [-0.1, -0.05) is 0 Å². The number of nitrogens with zero attached hydrogens (tertiary/aromatic N) is 3. The summed E-state index contributed by atoms with van der Waals surface area (Å²) in [6.07, 6.45) is -0.184. The lowest BCUT2D eigenvalue weighted by atomic mass is 9.78. The molecule has 1 N–H and O–H groups in total. The molecule has 3 atom stereocenters. The third kappa shape index (κ3) is 5.69. The van der Waals surface area contributed by atoms with Crippen LogP contribution in [0.25, 0.3) is 0 Å². The molecule has 1 saturated heterocycles. The first-order valence-corrected chi connectivity index (χ1v) is 14.7. The van der Waals surface area contributed by atoms with Crippen molar-refractivity contribution in [3.8, 4) is 0 Å². The van der Waals surface area contributed by atoms with Gasteiger partial charge in [0.25, 0.3) is 0 Å². The molecule has 2 aliphatic heterocycles. The van der Waals surface area contributed by atoms with E-state index >= 15 is 4.39 Å². The normalized spacial score (nSPS) is 23.7. The third-order valence-electron chi connectivity index (χ3n) is 7.00. The van der Waals surface area contributed by atoms with Gasteiger partial charge in [-0.05, 0) is 113 Å². The van der Waals surface area contributed by atoms with Gasteiger partial charge >= 0.3 is 0 Å². The molecule has 5 rings (SSSR count). The average molecular weight is 781 g/mol. The van der Waals surface area contributed by atoms with Crippen LogP contribution < -0.4 is 10.3 Å². The van der Waals surface area contributed by atoms with Crippen LogP contribution in [0.15, 0.2) is 58.0 Å². The number of carbonyl (C=O) groups is 1. The van der Waals surface area contributed by atoms with Crippen molar-refractivity contribution < 1.29 is 22.7 Å². The van der Waals surface area contributed by atoms with Crippen molar-refractivity contribution in [2.75, 3.05) is 38.3 Å². The van der Waals surface area contributed by atoms with E-state index in [0.29, 0.717) is 24.6 Å². The Morgan fingerprint density at radius 2 is 2.00 bits per heavy atom. The van der Waals surface area contributed by atoms with Gasteiger partial charge in [0.1, 0.15) is 17.4 Å². The third-order valence-corrected chi connectivity index (χ3v) is 8.74. The van der Waals surface area contributed by atoms with Crippen LogP contribution in [0.1, 0.15) is 24.2 Å². The summed E-state index contributed by atoms with van der Waals surface area (Å²) < 4.78 is 42.6. The number of nitrogens with one attached hydrogen (secondary N) is 1. The van der Waals surface area contributed by atoms with Crippen molar-refractivity contribution in [1.29, 1.82) is 0 Å². The molecule has 7 nitrogen and oxygen atoms in total. The molecule has 0 radical (unpaired) electrons. The number of furan rings is 1. The van der Waals surface area contributed by atoms with E-state index in [1.165, 1.54) is 12.1 Å². The van der Waals surface area contributed by atoms with Crippen LogP contribution in [-0.2, 0) is 9.53 Å². The Kier molecular flexibility index (Phi) is 8.53. The minimum atomic E-state index is -1.41. The van der Waals surface area contributed by atoms with Gasteiger partial charge in [0.2, 0.25) is 5.91 Å². The Morgan fingerprint density at radius 1 is 1.21 bits per heavy atom. The van der Waals surface area contributed by atoms with Crippen LogP contribution in [0.3, 0.4) is 0 Å². The summed E-state index contributed by atoms with van der Waals surface area (Å²) in [4.78, 5) is 16.4. The van der Waals surface area contributed by atoms with Gasteiger partial charge in [0, 0.05) is 38.4 Å². The molecule has 3 unspecified atom stereocenters. The van der Waals surface area contributed by atoms with E-state index in [-0.39, 0.29) is 35.1 Å². The van der Waals surface area contributed by atoms with Gasteiger partial charge in [-0.25, -0.2) is 13.8 Å². The highest BCUT2D eigenvalue weighted by Gasteiger charge is 2.56. The molecule has 0 bridgehead atoms. The van der Waals surface area contributed by atoms with E-state index in [9.17, 15) is 9.18 Å². The van der Waals surface area contributed by atoms with Crippen LogP contribution in [-0.4, -0.2) is 61.5 Å². The summed E-state index contributed by atoms with van der Waals surface area (Å²) >= 11 is 10.6. The van der Waals surface area contributed by atoms with E-state index in [1.807, 2.05) is 25.2 Å². The molecule has 3 heterocycles. The molecule has 12 heteroatoms. The van der Waals surface area contributed by atoms with Crippen LogP contribution in [0, 0.1) is 18.8 Å². The zero-order valence-electron chi connectivity index (χ0n) is 21.1. The Morgan fingerprint density at radius 3 is 2.67 bits per heavy atom. The maximum absolute atomic E-state index is 15.2. The largest absolute Gasteiger partial charge is 0.449 e. The lowest BCUT2D eigenvalue weighted by Crippen LogP contribution is -2.58. The minimum absolute atomic E-state index is 0.0632. The van der Waals surface area contributed by atoms with E-state index in [0.717, 1.165) is 19.8 Å². The van der Waals surface area contributed by atoms with Crippen molar-refractivity contribution in [2.45, 2.75) is 24.5 Å². The molecular formula is C27H25ClF2I2N4O3. The molecule has 1 amide bonds. The number of likely N-dealkylation sites (N-methyl/N-ethyl adjacent to an activating group) is 1. The van der Waals surface area contributed by atoms with Gasteiger partial charge in [-0.15, -0.1) is 0 Å². The fourth-order valence-corrected chi connectivity index (χ4v) is 7.00. The Hall–Kier alpha value is -1.81. The molecule has 0 saturated carbocycles. The maximum atomic E-state index is 15.2. The fourth-order valence-electron chi connectivity index (χ4n) is 5.02. The van der Waals surface area contributed by atoms with Crippen molar-refractivity contribution in [2.24, 2.45) is 5.10 Å². The molecule has 2 aromatic carbocycles. The first-order chi connectivity index (χ1) is 18.6. The van der Waals surface area contributed by atoms with Crippen molar-refractivity contribution in [3.05, 3.63) is 83.8 Å². The molecule has 1 fully saturated rings. The van der Waals surface area contributed by atoms with Gasteiger partial charge < -0.3 is 19.4 Å². The standard InChI is InChI=1S/C27H25ClF2I2N4O3/c1-27(26(37)33-13-17-14-35(2)9-10-38-17)24(22-7-8-23(28)39-22)25(18-5-3-15(29)11-19(18)30)34-36(27)21-6-4-16(31)12-20(21)32/h3-8,11-12,17,24H,9-10,13-14H2,1-2H3,(H,33,37). The van der Waals surface area contributed by atoms with Crippen molar-refractivity contribution >= 4 is 74.1 Å². The number of carbonyl (C=O) groups excluding carboxylic acids is 1. The van der Waals surface area contributed by atoms with E-state index in [2.05, 4.69) is 55.4 Å². The SMILES string of the molecule is CN1CCOC(CNC(=O)C2(C)C(c3ccc(Cl)o3)C(c3ccc(F)cc3F)=NN2c2ccc(I)cc2I)C1. The fraction of sp³-hybridized carbons (Fsp3) is 0.333. The smallest absolute Gasteiger partial charge is 0.249 e. The molecule has 0 spiro atoms. The first kappa shape index (κ1) is 28.7. The number of rotatable bonds is 6. The lowest BCUT2D eigenvalue weighted by Gasteiger charge is -2.38. The summed E-state index contributed by atoms with van der Waals surface area (Å²) in [7, 11) is 2.00. The average Bonchev–Trinajstić information content (AvgIpc) is 3.43. The quantitative estimate of drug-likeness (QED) is 0.329. The van der Waals surface area contributed by atoms with E-state index in [1.54, 1.807) is 24.1 Å². The zero-order valence-corrected chi connectivity index (χ0v) is 26.1. The predicted molar refractivity (Wildman–Crippen MR) is 162 cm³/mol. The number of hydrogen-bond acceptors (Lipinski definition) is 6. The number of benzene rings is 2. The van der Waals surface area contributed by atoms with Crippen LogP contribution in [0.2, 0.25) is 5.22 Å². The second-order valence-corrected chi connectivity index (χ2v) is 12.5. The minimum Gasteiger partial charge on any atom is -0.449 e. The number of hydrazone groups is 1. The lowest BCUT2D eigenvalue weighted by molar-refractivity contribution is -0.127. The summed E-state index contributed by atoms with van der Waals surface area (Å²) in [5.74, 6) is -2.41. The molecule has 0 aliphatic carbocycles. The first-order valence-electron chi connectivity index (χ1n) is 12.2. The van der Waals surface area contributed by atoms with Crippen LogP contribution in [0.5, 0.6) is 0 Å². The predicted octanol–water partition coefficient (Wildman–Crippen LogP) is 5.63. The topological polar surface area (TPSA) is 70.3 Å². The number of amides is 1. The highest BCUT2D eigenvalue weighted by atomic mass is 127. The summed E-state index contributed by atoms with van der Waals surface area (Å²) in [5.41, 5.74) is -0.472. The van der Waals surface area contributed by atoms with Crippen molar-refractivity contribution in [1.82, 2.24) is 10.2 Å². The van der Waals surface area contributed by atoms with Crippen molar-refractivity contribution in [3.63, 3.8) is 0 Å². The number of halogens is 5. The monoisotopic (exact) mass is 780 g/mol. The number of hydrogen-bond donors (Lipinski definition) is 1. The van der Waals surface area contributed by atoms with Crippen LogP contribution >= 0.6 is 56.8 Å². The highest BCUT2D eigenvalue weighted by Crippen LogP contribution is 2.47. The Bertz CT molecular complexity index is 1440. The van der Waals surface area contributed by atoms with Gasteiger partial charge in [-0.3, -0.25) is 4.79 Å². The zero-order chi connectivity index (χ0) is 27.9. The van der Waals surface area contributed by atoms with Crippen LogP contribution in [0.4, 0.5) is 14.5 Å². The second kappa shape index (κ2) is 11.6. The van der Waals surface area contributed by atoms with Gasteiger partial charge in [0.05, 0.1) is 30.0 Å². The number of anilines is 1. The second-order valence-electron chi connectivity index (χ2n) is 9.70. The summed E-state index contributed by atoms with van der Waals surface area (Å²) in [5, 5.41) is 9.61. The van der Waals surface area contributed by atoms with E-state index in [4.69, 9.17) is 25.9 Å². The molecule has 1 aromatic heterocycles. The molecule has 39 heavy (non-hydrogen) atoms. The summed E-state index contributed by atoms with van der Waals surface area (Å²) in [6, 6.07) is 12.3. The maximum Gasteiger partial charge on any atom is 0.249 e. The Labute approximate surface area is 257 Å². The molecule has 3 aromatic rings. The Balaban J connectivity index is 1.63. The molecule has 2 aliphatic rings. The number of ether oxygens (including phenoxy) is 1. The highest BCUT2D eigenvalue weighted by molar-refractivity contribution is 14.1. The summed E-state index contributed by atoms with van der Waals surface area (Å²) in [6.45, 7) is 4.09. The molecular weight excluding hydrogens is 756 g/mol. The van der Waals surface area contributed by atoms with E-state index < -0.39 is 23.1 Å². The molecule has 206 valence electrons. The number of morpholine rings is 1. The van der Waals surface area contributed by atoms with Gasteiger partial charge in [0.15, 0.2) is 10.8 Å². The van der Waals surface area contributed by atoms with Gasteiger partial charge in [-0.2, -0.15) is 5.10 Å².